The van der Waals surface area contributed by atoms with E-state index >= 15 is 0 Å². The van der Waals surface area contributed by atoms with Crippen LogP contribution in [0.5, 0.6) is 0 Å². The third-order valence-corrected chi connectivity index (χ3v) is 4.14. The van der Waals surface area contributed by atoms with Crippen molar-refractivity contribution in [3.8, 4) is 0 Å². The minimum absolute atomic E-state index is 0.0252. The fourth-order valence-corrected chi connectivity index (χ4v) is 2.64. The number of rotatable bonds is 8. The molecule has 0 aliphatic heterocycles. The van der Waals surface area contributed by atoms with Crippen molar-refractivity contribution in [3.63, 3.8) is 0 Å². The summed E-state index contributed by atoms with van der Waals surface area (Å²) in [5.41, 5.74) is 2.20. The maximum absolute atomic E-state index is 12.3. The molecule has 1 rings (SSSR count). The summed E-state index contributed by atoms with van der Waals surface area (Å²) < 4.78 is 30.5. The minimum atomic E-state index is -3.76. The molecule has 0 unspecified atom stereocenters. The van der Waals surface area contributed by atoms with Crippen molar-refractivity contribution < 1.29 is 18.3 Å². The maximum atomic E-state index is 12.3. The highest BCUT2D eigenvalue weighted by Gasteiger charge is 2.24. The van der Waals surface area contributed by atoms with Gasteiger partial charge in [0.05, 0.1) is 25.6 Å². The molecule has 0 amide bonds. The minimum Gasteiger partial charge on any atom is -0.395 e. The van der Waals surface area contributed by atoms with Crippen molar-refractivity contribution in [3.05, 3.63) is 12.4 Å². The van der Waals surface area contributed by atoms with E-state index in [9.17, 15) is 8.42 Å². The Morgan fingerprint density at radius 3 is 2.53 bits per heavy atom. The Bertz CT molecular complexity index is 478. The molecule has 0 aliphatic carbocycles. The van der Waals surface area contributed by atoms with E-state index in [1.165, 1.54) is 7.11 Å². The zero-order chi connectivity index (χ0) is 14.3. The number of aromatic nitrogens is 2. The van der Waals surface area contributed by atoms with Crippen LogP contribution in [0.2, 0.25) is 0 Å². The Morgan fingerprint density at radius 1 is 1.42 bits per heavy atom. The van der Waals surface area contributed by atoms with Crippen LogP contribution in [0.3, 0.4) is 0 Å². The van der Waals surface area contributed by atoms with Crippen LogP contribution >= 0.6 is 0 Å². The first-order valence-corrected chi connectivity index (χ1v) is 6.89. The second kappa shape index (κ2) is 7.31. The summed E-state index contributed by atoms with van der Waals surface area (Å²) in [5, 5.41) is 8.92. The monoisotopic (exact) mass is 291 g/mol. The zero-order valence-electron chi connectivity index (χ0n) is 10.5. The predicted molar refractivity (Wildman–Crippen MR) is 67.6 cm³/mol. The van der Waals surface area contributed by atoms with E-state index < -0.39 is 10.0 Å². The molecule has 1 aromatic rings. The molecule has 9 nitrogen and oxygen atoms in total. The van der Waals surface area contributed by atoms with E-state index in [1.807, 2.05) is 0 Å². The number of hydrogen-bond donors (Lipinski definition) is 3. The lowest BCUT2D eigenvalue weighted by Gasteiger charge is -2.20. The fraction of sp³-hybridized carbons (Fsp3) is 0.556. The van der Waals surface area contributed by atoms with Gasteiger partial charge in [0, 0.05) is 20.2 Å². The lowest BCUT2D eigenvalue weighted by atomic mass is 10.6. The Labute approximate surface area is 111 Å². The zero-order valence-corrected chi connectivity index (χ0v) is 11.3. The normalized spacial score (nSPS) is 11.8. The Hall–Kier alpha value is -1.33. The lowest BCUT2D eigenvalue weighted by molar-refractivity contribution is 0.168. The first-order chi connectivity index (χ1) is 9.06. The highest BCUT2D eigenvalue weighted by Crippen LogP contribution is 2.13. The number of methoxy groups -OCH3 is 1. The van der Waals surface area contributed by atoms with Gasteiger partial charge in [-0.05, 0) is 0 Å². The van der Waals surface area contributed by atoms with Crippen LogP contribution in [-0.2, 0) is 14.8 Å². The molecule has 0 radical (unpaired) electrons. The summed E-state index contributed by atoms with van der Waals surface area (Å²) in [6.45, 7) is 0.0492. The molecular formula is C9H17N5O4S. The molecule has 1 heterocycles. The van der Waals surface area contributed by atoms with E-state index in [2.05, 4.69) is 15.4 Å². The fourth-order valence-electron chi connectivity index (χ4n) is 1.33. The Balaban J connectivity index is 2.96. The molecule has 0 atom stereocenters. The van der Waals surface area contributed by atoms with Gasteiger partial charge in [0.15, 0.2) is 0 Å². The molecule has 4 N–H and O–H groups in total. The number of anilines is 1. The van der Waals surface area contributed by atoms with Crippen LogP contribution in [0.25, 0.3) is 0 Å². The van der Waals surface area contributed by atoms with E-state index in [0.29, 0.717) is 0 Å². The topological polar surface area (TPSA) is 131 Å². The van der Waals surface area contributed by atoms with E-state index in [0.717, 1.165) is 16.7 Å². The number of ether oxygens (including phenoxy) is 1. The van der Waals surface area contributed by atoms with Crippen LogP contribution < -0.4 is 11.3 Å². The number of sulfonamides is 1. The highest BCUT2D eigenvalue weighted by atomic mass is 32.2. The van der Waals surface area contributed by atoms with Crippen molar-refractivity contribution in [2.24, 2.45) is 5.84 Å². The number of nitrogens with two attached hydrogens (primary N) is 1. The van der Waals surface area contributed by atoms with Crippen LogP contribution in [0.15, 0.2) is 17.3 Å². The van der Waals surface area contributed by atoms with Gasteiger partial charge < -0.3 is 9.84 Å². The van der Waals surface area contributed by atoms with E-state index in [-0.39, 0.29) is 37.1 Å². The quantitative estimate of drug-likeness (QED) is 0.385. The smallest absolute Gasteiger partial charge is 0.246 e. The molecule has 0 saturated carbocycles. The molecule has 0 saturated heterocycles. The maximum Gasteiger partial charge on any atom is 0.246 e. The molecule has 0 fully saturated rings. The summed E-state index contributed by atoms with van der Waals surface area (Å²) in [6.07, 6.45) is 2.30. The van der Waals surface area contributed by atoms with Crippen LogP contribution in [-0.4, -0.2) is 61.2 Å². The van der Waals surface area contributed by atoms with E-state index in [4.69, 9.17) is 15.7 Å². The number of hydrogen-bond acceptors (Lipinski definition) is 8. The van der Waals surface area contributed by atoms with Crippen molar-refractivity contribution in [1.82, 2.24) is 14.3 Å². The molecule has 0 aromatic carbocycles. The third kappa shape index (κ3) is 4.08. The molecule has 0 aliphatic rings. The van der Waals surface area contributed by atoms with Gasteiger partial charge in [0.25, 0.3) is 0 Å². The van der Waals surface area contributed by atoms with Gasteiger partial charge in [0.1, 0.15) is 4.90 Å². The number of nitrogens with zero attached hydrogens (tertiary/aromatic N) is 3. The Morgan fingerprint density at radius 2 is 2.05 bits per heavy atom. The largest absolute Gasteiger partial charge is 0.395 e. The van der Waals surface area contributed by atoms with Gasteiger partial charge in [-0.1, -0.05) is 0 Å². The van der Waals surface area contributed by atoms with Crippen LogP contribution in [0.1, 0.15) is 0 Å². The molecule has 19 heavy (non-hydrogen) atoms. The first kappa shape index (κ1) is 15.7. The molecule has 1 aromatic heterocycles. The number of nitrogen functional groups attached to an aromatic ring is 1. The lowest BCUT2D eigenvalue weighted by Crippen LogP contribution is -2.36. The standard InChI is InChI=1S/C9H17N5O4S/c1-18-5-3-14(2-4-15)19(16,17)8-6-11-9(13-10)12-7-8/h6-7,15H,2-5,10H2,1H3,(H,11,12,13). The SMILES string of the molecule is COCCN(CCO)S(=O)(=O)c1cnc(NN)nc1. The average molecular weight is 291 g/mol. The van der Waals surface area contributed by atoms with Crippen molar-refractivity contribution in [2.45, 2.75) is 4.90 Å². The van der Waals surface area contributed by atoms with Crippen molar-refractivity contribution in [2.75, 3.05) is 38.8 Å². The molecule has 0 spiro atoms. The van der Waals surface area contributed by atoms with Gasteiger partial charge in [-0.25, -0.2) is 24.2 Å². The average Bonchev–Trinajstić information content (AvgIpc) is 2.43. The number of nitrogens with one attached hydrogen (secondary N) is 1. The van der Waals surface area contributed by atoms with E-state index in [1.54, 1.807) is 0 Å². The molecule has 108 valence electrons. The number of aliphatic hydroxyl groups excluding tert-OH is 1. The molecular weight excluding hydrogens is 274 g/mol. The van der Waals surface area contributed by atoms with Crippen molar-refractivity contribution in [1.29, 1.82) is 0 Å². The van der Waals surface area contributed by atoms with Gasteiger partial charge in [-0.2, -0.15) is 4.31 Å². The van der Waals surface area contributed by atoms with Crippen LogP contribution in [0, 0.1) is 0 Å². The summed E-state index contributed by atoms with van der Waals surface area (Å²) in [7, 11) is -2.29. The molecule has 0 bridgehead atoms. The van der Waals surface area contributed by atoms with Crippen LogP contribution in [0.4, 0.5) is 5.95 Å². The summed E-state index contributed by atoms with van der Waals surface area (Å²) >= 11 is 0. The second-order valence-electron chi connectivity index (χ2n) is 3.51. The highest BCUT2D eigenvalue weighted by molar-refractivity contribution is 7.89. The first-order valence-electron chi connectivity index (χ1n) is 5.45. The van der Waals surface area contributed by atoms with Gasteiger partial charge in [0.2, 0.25) is 16.0 Å². The van der Waals surface area contributed by atoms with Gasteiger partial charge in [-0.3, -0.25) is 5.43 Å². The number of aliphatic hydroxyl groups is 1. The number of hydrazine groups is 1. The Kier molecular flexibility index (Phi) is 6.05. The summed E-state index contributed by atoms with van der Waals surface area (Å²) in [5.74, 6) is 5.21. The van der Waals surface area contributed by atoms with Gasteiger partial charge >= 0.3 is 0 Å². The molecule has 10 heteroatoms. The third-order valence-electron chi connectivity index (χ3n) is 2.29. The van der Waals surface area contributed by atoms with Gasteiger partial charge in [-0.15, -0.1) is 0 Å². The second-order valence-corrected chi connectivity index (χ2v) is 5.45. The summed E-state index contributed by atoms with van der Waals surface area (Å²) in [6, 6.07) is 0. The predicted octanol–water partition coefficient (Wildman–Crippen LogP) is -1.61. The summed E-state index contributed by atoms with van der Waals surface area (Å²) in [4.78, 5) is 7.41. The van der Waals surface area contributed by atoms with Crippen molar-refractivity contribution >= 4 is 16.0 Å².